The Morgan fingerprint density at radius 2 is 1.90 bits per heavy atom. The van der Waals surface area contributed by atoms with Crippen LogP contribution in [0.15, 0.2) is 11.1 Å². The average molecular weight is 183 g/mol. The zero-order chi connectivity index (χ0) is 8.20. The third kappa shape index (κ3) is 6.40. The molecule has 0 aliphatic heterocycles. The smallest absolute Gasteiger partial charge is 0.0982 e. The van der Waals surface area contributed by atoms with Gasteiger partial charge in [-0.1, -0.05) is 11.6 Å². The summed E-state index contributed by atoms with van der Waals surface area (Å²) in [5.74, 6) is 0.418. The van der Waals surface area contributed by atoms with Gasteiger partial charge in [0.2, 0.25) is 0 Å². The van der Waals surface area contributed by atoms with Crippen molar-refractivity contribution in [2.24, 2.45) is 0 Å². The van der Waals surface area contributed by atoms with Crippen molar-refractivity contribution >= 4 is 23.2 Å². The van der Waals surface area contributed by atoms with Crippen molar-refractivity contribution in [3.63, 3.8) is 0 Å². The summed E-state index contributed by atoms with van der Waals surface area (Å²) in [7, 11) is 6.32. The van der Waals surface area contributed by atoms with Crippen molar-refractivity contribution < 1.29 is 4.48 Å². The highest BCUT2D eigenvalue weighted by atomic mass is 35.5. The van der Waals surface area contributed by atoms with E-state index in [1.807, 2.05) is 6.08 Å². The second-order valence-corrected chi connectivity index (χ2v) is 4.01. The molecule has 0 saturated heterocycles. The minimum absolute atomic E-state index is 0.418. The Balaban J connectivity index is 3.73. The number of alkyl halides is 1. The second kappa shape index (κ2) is 4.22. The van der Waals surface area contributed by atoms with Crippen LogP contribution in [0, 0.1) is 0 Å². The lowest BCUT2D eigenvalue weighted by atomic mass is 10.4. The van der Waals surface area contributed by atoms with E-state index >= 15 is 0 Å². The fourth-order valence-corrected chi connectivity index (χ4v) is 0.606. The minimum atomic E-state index is 0.418. The zero-order valence-electron chi connectivity index (χ0n) is 6.69. The maximum atomic E-state index is 5.69. The van der Waals surface area contributed by atoms with Gasteiger partial charge < -0.3 is 4.48 Å². The maximum absolute atomic E-state index is 5.69. The Kier molecular flexibility index (Phi) is 4.34. The van der Waals surface area contributed by atoms with E-state index in [9.17, 15) is 0 Å². The van der Waals surface area contributed by atoms with Crippen molar-refractivity contribution in [2.75, 3.05) is 33.6 Å². The van der Waals surface area contributed by atoms with Gasteiger partial charge in [0.05, 0.1) is 33.6 Å². The van der Waals surface area contributed by atoms with E-state index < -0.39 is 0 Å². The van der Waals surface area contributed by atoms with Gasteiger partial charge in [-0.05, 0) is 6.08 Å². The Morgan fingerprint density at radius 3 is 2.20 bits per heavy atom. The van der Waals surface area contributed by atoms with E-state index in [1.165, 1.54) is 0 Å². The largest absolute Gasteiger partial charge is 0.328 e. The minimum Gasteiger partial charge on any atom is -0.328 e. The second-order valence-electron chi connectivity index (χ2n) is 3.26. The molecular weight excluding hydrogens is 169 g/mol. The van der Waals surface area contributed by atoms with Crippen molar-refractivity contribution in [1.82, 2.24) is 0 Å². The third-order valence-corrected chi connectivity index (χ3v) is 1.70. The lowest BCUT2D eigenvalue weighted by Gasteiger charge is -2.21. The van der Waals surface area contributed by atoms with Crippen LogP contribution in [0.4, 0.5) is 0 Å². The molecule has 0 atom stereocenters. The number of rotatable bonds is 3. The topological polar surface area (TPSA) is 0 Å². The molecule has 0 bridgehead atoms. The quantitative estimate of drug-likeness (QED) is 0.464. The van der Waals surface area contributed by atoms with Gasteiger partial charge in [0.15, 0.2) is 0 Å². The molecule has 0 radical (unpaired) electrons. The van der Waals surface area contributed by atoms with E-state index in [4.69, 9.17) is 23.2 Å². The van der Waals surface area contributed by atoms with Gasteiger partial charge in [0.25, 0.3) is 0 Å². The molecule has 0 aliphatic carbocycles. The molecule has 0 N–H and O–H groups in total. The number of quaternary nitrogens is 1. The fourth-order valence-electron chi connectivity index (χ4n) is 0.427. The highest BCUT2D eigenvalue weighted by molar-refractivity contribution is 6.35. The van der Waals surface area contributed by atoms with Gasteiger partial charge in [-0.15, -0.1) is 11.6 Å². The van der Waals surface area contributed by atoms with Gasteiger partial charge in [0.1, 0.15) is 0 Å². The van der Waals surface area contributed by atoms with E-state index in [0.29, 0.717) is 5.88 Å². The summed E-state index contributed by atoms with van der Waals surface area (Å²) in [5, 5.41) is 0.731. The first-order valence-electron chi connectivity index (χ1n) is 3.16. The summed E-state index contributed by atoms with van der Waals surface area (Å²) < 4.78 is 0.882. The molecule has 1 nitrogen and oxygen atoms in total. The molecule has 10 heavy (non-hydrogen) atoms. The van der Waals surface area contributed by atoms with Gasteiger partial charge in [0, 0.05) is 5.03 Å². The van der Waals surface area contributed by atoms with E-state index in [2.05, 4.69) is 21.1 Å². The monoisotopic (exact) mass is 182 g/mol. The van der Waals surface area contributed by atoms with E-state index in [-0.39, 0.29) is 0 Å². The average Bonchev–Trinajstić information content (AvgIpc) is 1.81. The molecule has 0 saturated carbocycles. The molecule has 0 fully saturated rings. The first kappa shape index (κ1) is 10.3. The van der Waals surface area contributed by atoms with Crippen molar-refractivity contribution in [1.29, 1.82) is 0 Å². The summed E-state index contributed by atoms with van der Waals surface area (Å²) in [6.45, 7) is 0.922. The molecule has 0 aliphatic rings. The van der Waals surface area contributed by atoms with Gasteiger partial charge in [-0.3, -0.25) is 0 Å². The molecule has 0 aromatic carbocycles. The predicted octanol–water partition coefficient (Wildman–Crippen LogP) is 2.05. The molecule has 0 aromatic heterocycles. The van der Waals surface area contributed by atoms with Gasteiger partial charge in [-0.25, -0.2) is 0 Å². The Bertz CT molecular complexity index is 124. The molecule has 0 spiro atoms. The third-order valence-electron chi connectivity index (χ3n) is 0.988. The summed E-state index contributed by atoms with van der Waals surface area (Å²) in [4.78, 5) is 0. The lowest BCUT2D eigenvalue weighted by Crippen LogP contribution is -2.34. The SMILES string of the molecule is C[N+](C)(C)CC=C(Cl)CCl. The van der Waals surface area contributed by atoms with Crippen LogP contribution < -0.4 is 0 Å². The lowest BCUT2D eigenvalue weighted by molar-refractivity contribution is -0.864. The van der Waals surface area contributed by atoms with Gasteiger partial charge in [-0.2, -0.15) is 0 Å². The highest BCUT2D eigenvalue weighted by Crippen LogP contribution is 2.04. The van der Waals surface area contributed by atoms with Crippen LogP contribution in [0.1, 0.15) is 0 Å². The number of hydrogen-bond donors (Lipinski definition) is 0. The summed E-state index contributed by atoms with van der Waals surface area (Å²) in [6, 6.07) is 0. The van der Waals surface area contributed by atoms with Crippen LogP contribution >= 0.6 is 23.2 Å². The first-order chi connectivity index (χ1) is 4.45. The molecule has 0 rings (SSSR count). The van der Waals surface area contributed by atoms with Crippen LogP contribution in [-0.2, 0) is 0 Å². The first-order valence-corrected chi connectivity index (χ1v) is 4.08. The van der Waals surface area contributed by atoms with E-state index in [0.717, 1.165) is 16.1 Å². The van der Waals surface area contributed by atoms with Crippen molar-refractivity contribution in [3.8, 4) is 0 Å². The Morgan fingerprint density at radius 1 is 1.40 bits per heavy atom. The molecule has 3 heteroatoms. The normalized spacial score (nSPS) is 13.9. The summed E-state index contributed by atoms with van der Waals surface area (Å²) in [5.41, 5.74) is 0. The standard InChI is InChI=1S/C7H14Cl2N/c1-10(2,3)5-4-7(9)6-8/h4H,5-6H2,1-3H3/q+1. The van der Waals surface area contributed by atoms with Gasteiger partial charge >= 0.3 is 0 Å². The highest BCUT2D eigenvalue weighted by Gasteiger charge is 2.03. The molecule has 60 valence electrons. The molecule has 0 heterocycles. The molecule has 0 amide bonds. The van der Waals surface area contributed by atoms with Crippen LogP contribution in [0.3, 0.4) is 0 Å². The number of hydrogen-bond acceptors (Lipinski definition) is 0. The zero-order valence-corrected chi connectivity index (χ0v) is 8.21. The van der Waals surface area contributed by atoms with E-state index in [1.54, 1.807) is 0 Å². The predicted molar refractivity (Wildman–Crippen MR) is 47.6 cm³/mol. The van der Waals surface area contributed by atoms with Crippen LogP contribution in [-0.4, -0.2) is 38.1 Å². The number of likely N-dealkylation sites (N-methyl/N-ethyl adjacent to an activating group) is 1. The molecular formula is C7H14Cl2N+. The Hall–Kier alpha value is 0.280. The molecule has 0 aromatic rings. The van der Waals surface area contributed by atoms with Crippen molar-refractivity contribution in [2.45, 2.75) is 0 Å². The van der Waals surface area contributed by atoms with Crippen LogP contribution in [0.5, 0.6) is 0 Å². The van der Waals surface area contributed by atoms with Crippen LogP contribution in [0.2, 0.25) is 0 Å². The van der Waals surface area contributed by atoms with Crippen molar-refractivity contribution in [3.05, 3.63) is 11.1 Å². The fraction of sp³-hybridized carbons (Fsp3) is 0.714. The summed E-state index contributed by atoms with van der Waals surface area (Å²) in [6.07, 6.45) is 1.95. The Labute approximate surface area is 72.8 Å². The number of allylic oxidation sites excluding steroid dienone is 1. The van der Waals surface area contributed by atoms with Crippen LogP contribution in [0.25, 0.3) is 0 Å². The number of nitrogens with zero attached hydrogens (tertiary/aromatic N) is 1. The summed E-state index contributed by atoms with van der Waals surface area (Å²) >= 11 is 11.2. The number of halogens is 2. The maximum Gasteiger partial charge on any atom is 0.0982 e. The molecule has 0 unspecified atom stereocenters.